The number of hydrogen-bond donors (Lipinski definition) is 3. The van der Waals surface area contributed by atoms with Crippen LogP contribution in [0.5, 0.6) is 0 Å². The molecule has 0 fully saturated rings. The molecule has 0 saturated carbocycles. The van der Waals surface area contributed by atoms with Gasteiger partial charge in [-0.25, -0.2) is 9.13 Å². The number of rotatable bonds is 74. The van der Waals surface area contributed by atoms with E-state index in [1.54, 1.807) is 0 Å². The van der Waals surface area contributed by atoms with Crippen molar-refractivity contribution in [2.24, 2.45) is 5.92 Å². The van der Waals surface area contributed by atoms with Crippen LogP contribution in [0.25, 0.3) is 0 Å². The summed E-state index contributed by atoms with van der Waals surface area (Å²) in [6, 6.07) is 0. The number of aliphatic hydroxyl groups excluding tert-OH is 1. The fourth-order valence-corrected chi connectivity index (χ4v) is 12.9. The van der Waals surface area contributed by atoms with Gasteiger partial charge in [-0.2, -0.15) is 0 Å². The van der Waals surface area contributed by atoms with E-state index < -0.39 is 97.5 Å². The first kappa shape index (κ1) is 91.1. The quantitative estimate of drug-likeness (QED) is 0.0222. The van der Waals surface area contributed by atoms with Crippen molar-refractivity contribution in [1.82, 2.24) is 0 Å². The maximum absolute atomic E-state index is 13.1. The van der Waals surface area contributed by atoms with Crippen LogP contribution in [0.4, 0.5) is 0 Å². The topological polar surface area (TPSA) is 237 Å². The first-order valence-corrected chi connectivity index (χ1v) is 41.6. The zero-order valence-corrected chi connectivity index (χ0v) is 62.2. The van der Waals surface area contributed by atoms with Crippen molar-refractivity contribution < 1.29 is 80.2 Å². The molecule has 17 nitrogen and oxygen atoms in total. The Morgan fingerprint density at radius 3 is 0.731 bits per heavy atom. The summed E-state index contributed by atoms with van der Waals surface area (Å²) in [5, 5.41) is 10.6. The summed E-state index contributed by atoms with van der Waals surface area (Å²) in [5.74, 6) is -1.36. The van der Waals surface area contributed by atoms with Gasteiger partial charge in [0.1, 0.15) is 19.3 Å². The standard InChI is InChI=1S/C74H144O17P2/c1-6-9-12-15-18-21-22-23-24-25-26-27-28-29-30-31-32-33-40-45-50-55-60-74(79)91-70(64-85-72(77)58-53-48-43-39-35-34-38-41-46-51-56-67(4)5)66-89-93(82,83)87-62-68(75)61-86-92(80,81)88-65-69(90-73(78)59-54-49-44-37-20-17-14-11-8-3)63-84-71(76)57-52-47-42-36-19-16-13-10-7-2/h67-70,75H,6-66H2,1-5H3,(H,80,81)(H,82,83)/t68-,69+,70+/m0/s1. The zero-order valence-electron chi connectivity index (χ0n) is 60.4. The lowest BCUT2D eigenvalue weighted by Gasteiger charge is -2.21. The molecule has 3 N–H and O–H groups in total. The minimum absolute atomic E-state index is 0.106. The Bertz CT molecular complexity index is 1790. The fraction of sp³-hybridized carbons (Fsp3) is 0.946. The second-order valence-electron chi connectivity index (χ2n) is 27.2. The van der Waals surface area contributed by atoms with Crippen LogP contribution in [-0.4, -0.2) is 96.7 Å². The third kappa shape index (κ3) is 68.4. The molecule has 93 heavy (non-hydrogen) atoms. The number of phosphoric ester groups is 2. The highest BCUT2D eigenvalue weighted by Crippen LogP contribution is 2.45. The van der Waals surface area contributed by atoms with E-state index in [1.165, 1.54) is 212 Å². The van der Waals surface area contributed by atoms with Crippen molar-refractivity contribution in [3.63, 3.8) is 0 Å². The summed E-state index contributed by atoms with van der Waals surface area (Å²) in [4.78, 5) is 72.5. The highest BCUT2D eigenvalue weighted by molar-refractivity contribution is 7.47. The monoisotopic (exact) mass is 1370 g/mol. The average Bonchev–Trinajstić information content (AvgIpc) is 2.44. The maximum atomic E-state index is 13.1. The molecule has 0 heterocycles. The first-order chi connectivity index (χ1) is 45.0. The fourth-order valence-electron chi connectivity index (χ4n) is 11.4. The average molecular weight is 1370 g/mol. The summed E-state index contributed by atoms with van der Waals surface area (Å²) in [6.45, 7) is 7.23. The highest BCUT2D eigenvalue weighted by Gasteiger charge is 2.30. The highest BCUT2D eigenvalue weighted by atomic mass is 31.2. The van der Waals surface area contributed by atoms with Gasteiger partial charge in [0.2, 0.25) is 0 Å². The molecule has 0 bridgehead atoms. The van der Waals surface area contributed by atoms with Crippen molar-refractivity contribution in [1.29, 1.82) is 0 Å². The first-order valence-electron chi connectivity index (χ1n) is 38.6. The van der Waals surface area contributed by atoms with Crippen LogP contribution in [0.3, 0.4) is 0 Å². The molecule has 0 aliphatic rings. The lowest BCUT2D eigenvalue weighted by atomic mass is 10.0. The van der Waals surface area contributed by atoms with E-state index in [9.17, 15) is 43.2 Å². The Kier molecular flexibility index (Phi) is 65.9. The van der Waals surface area contributed by atoms with Crippen LogP contribution in [-0.2, 0) is 65.4 Å². The second-order valence-corrected chi connectivity index (χ2v) is 30.1. The normalized spacial score (nSPS) is 14.0. The molecule has 0 aromatic heterocycles. The van der Waals surface area contributed by atoms with E-state index in [-0.39, 0.29) is 25.7 Å². The smallest absolute Gasteiger partial charge is 0.462 e. The minimum Gasteiger partial charge on any atom is -0.462 e. The van der Waals surface area contributed by atoms with E-state index in [0.717, 1.165) is 95.8 Å². The number of esters is 4. The summed E-state index contributed by atoms with van der Waals surface area (Å²) in [6.07, 6.45) is 55.7. The Morgan fingerprint density at radius 2 is 0.495 bits per heavy atom. The van der Waals surface area contributed by atoms with Crippen molar-refractivity contribution in [2.75, 3.05) is 39.6 Å². The summed E-state index contributed by atoms with van der Waals surface area (Å²) < 4.78 is 68.3. The van der Waals surface area contributed by atoms with Crippen molar-refractivity contribution in [2.45, 2.75) is 406 Å². The molecule has 0 aliphatic carbocycles. The van der Waals surface area contributed by atoms with Gasteiger partial charge in [0.25, 0.3) is 0 Å². The summed E-state index contributed by atoms with van der Waals surface area (Å²) >= 11 is 0. The molecule has 0 spiro atoms. The third-order valence-electron chi connectivity index (χ3n) is 17.3. The summed E-state index contributed by atoms with van der Waals surface area (Å²) in [7, 11) is -9.90. The van der Waals surface area contributed by atoms with Gasteiger partial charge in [0.15, 0.2) is 12.2 Å². The molecule has 0 aromatic rings. The maximum Gasteiger partial charge on any atom is 0.472 e. The molecule has 2 unspecified atom stereocenters. The van der Waals surface area contributed by atoms with Crippen LogP contribution in [0, 0.1) is 5.92 Å². The Hall–Kier alpha value is -1.94. The molecule has 0 saturated heterocycles. The van der Waals surface area contributed by atoms with E-state index in [1.807, 2.05) is 0 Å². The van der Waals surface area contributed by atoms with Gasteiger partial charge in [-0.3, -0.25) is 37.3 Å². The van der Waals surface area contributed by atoms with Crippen molar-refractivity contribution >= 4 is 39.5 Å². The molecule has 19 heteroatoms. The lowest BCUT2D eigenvalue weighted by molar-refractivity contribution is -0.161. The number of aliphatic hydroxyl groups is 1. The number of hydrogen-bond acceptors (Lipinski definition) is 15. The van der Waals surface area contributed by atoms with Gasteiger partial charge >= 0.3 is 39.5 Å². The largest absolute Gasteiger partial charge is 0.472 e. The van der Waals surface area contributed by atoms with Gasteiger partial charge in [-0.15, -0.1) is 0 Å². The van der Waals surface area contributed by atoms with Crippen LogP contribution in [0.1, 0.15) is 388 Å². The molecule has 0 radical (unpaired) electrons. The molecule has 552 valence electrons. The van der Waals surface area contributed by atoms with Gasteiger partial charge in [-0.1, -0.05) is 336 Å². The predicted molar refractivity (Wildman–Crippen MR) is 377 cm³/mol. The van der Waals surface area contributed by atoms with Gasteiger partial charge in [0.05, 0.1) is 26.4 Å². The Balaban J connectivity index is 5.14. The molecule has 5 atom stereocenters. The lowest BCUT2D eigenvalue weighted by Crippen LogP contribution is -2.30. The number of carbonyl (C=O) groups excluding carboxylic acids is 4. The number of unbranched alkanes of at least 4 members (excludes halogenated alkanes) is 46. The number of ether oxygens (including phenoxy) is 4. The molecular weight excluding hydrogens is 1220 g/mol. The van der Waals surface area contributed by atoms with E-state index in [0.29, 0.717) is 25.7 Å². The third-order valence-corrected chi connectivity index (χ3v) is 19.2. The van der Waals surface area contributed by atoms with Gasteiger partial charge < -0.3 is 33.8 Å². The van der Waals surface area contributed by atoms with Crippen molar-refractivity contribution in [3.8, 4) is 0 Å². The molecule has 0 amide bonds. The van der Waals surface area contributed by atoms with Crippen LogP contribution < -0.4 is 0 Å². The van der Waals surface area contributed by atoms with Crippen LogP contribution >= 0.6 is 15.6 Å². The Labute approximate surface area is 568 Å². The van der Waals surface area contributed by atoms with E-state index in [2.05, 4.69) is 34.6 Å². The zero-order chi connectivity index (χ0) is 68.4. The van der Waals surface area contributed by atoms with Crippen LogP contribution in [0.15, 0.2) is 0 Å². The van der Waals surface area contributed by atoms with E-state index >= 15 is 0 Å². The molecule has 0 aliphatic heterocycles. The SMILES string of the molecule is CCCCCCCCCCCCCCCCCCCCCCCCC(=O)O[C@H](COC(=O)CCCCCCCCCCCCC(C)C)COP(=O)(O)OC[C@@H](O)COP(=O)(O)OC[C@@H](COC(=O)CCCCCCCCCCC)OC(=O)CCCCCCCCCCC. The van der Waals surface area contributed by atoms with Crippen molar-refractivity contribution in [3.05, 3.63) is 0 Å². The van der Waals surface area contributed by atoms with Gasteiger partial charge in [0, 0.05) is 25.7 Å². The summed E-state index contributed by atoms with van der Waals surface area (Å²) in [5.41, 5.74) is 0. The second kappa shape index (κ2) is 67.3. The number of carbonyl (C=O) groups is 4. The van der Waals surface area contributed by atoms with E-state index in [4.69, 9.17) is 37.0 Å². The van der Waals surface area contributed by atoms with Crippen LogP contribution in [0.2, 0.25) is 0 Å². The Morgan fingerprint density at radius 1 is 0.290 bits per heavy atom. The molecular formula is C74H144O17P2. The molecule has 0 aromatic carbocycles. The predicted octanol–water partition coefficient (Wildman–Crippen LogP) is 21.7. The minimum atomic E-state index is -4.95. The molecule has 0 rings (SSSR count). The number of phosphoric acid groups is 2. The van der Waals surface area contributed by atoms with Gasteiger partial charge in [-0.05, 0) is 31.6 Å².